The van der Waals surface area contributed by atoms with E-state index in [1.807, 2.05) is 36.5 Å². The molecule has 0 spiro atoms. The Morgan fingerprint density at radius 3 is 2.62 bits per heavy atom. The van der Waals surface area contributed by atoms with Crippen LogP contribution in [0.4, 0.5) is 4.39 Å². The molecule has 0 saturated carbocycles. The van der Waals surface area contributed by atoms with Crippen molar-refractivity contribution in [3.63, 3.8) is 0 Å². The molecule has 106 valence electrons. The Morgan fingerprint density at radius 2 is 1.90 bits per heavy atom. The van der Waals surface area contributed by atoms with E-state index in [0.717, 1.165) is 16.8 Å². The topological polar surface area (TPSA) is 17.8 Å². The predicted molar refractivity (Wildman–Crippen MR) is 85.4 cm³/mol. The Kier molecular flexibility index (Phi) is 4.08. The molecule has 0 aliphatic carbocycles. The summed E-state index contributed by atoms with van der Waals surface area (Å²) in [5, 5.41) is 3.93. The molecule has 3 aromatic rings. The van der Waals surface area contributed by atoms with E-state index in [4.69, 9.17) is 11.6 Å². The fourth-order valence-corrected chi connectivity index (χ4v) is 3.09. The van der Waals surface area contributed by atoms with Crippen LogP contribution in [0.15, 0.2) is 65.4 Å². The van der Waals surface area contributed by atoms with Gasteiger partial charge in [0.2, 0.25) is 0 Å². The van der Waals surface area contributed by atoms with Gasteiger partial charge in [-0.05, 0) is 29.8 Å². The molecule has 0 fully saturated rings. The summed E-state index contributed by atoms with van der Waals surface area (Å²) in [5.74, 6) is -0.297. The van der Waals surface area contributed by atoms with Gasteiger partial charge in [-0.15, -0.1) is 11.6 Å². The molecule has 0 radical (unpaired) electrons. The maximum absolute atomic E-state index is 13.1. The molecule has 1 aromatic heterocycles. The number of aromatic nitrogens is 2. The molecule has 0 saturated heterocycles. The van der Waals surface area contributed by atoms with E-state index in [9.17, 15) is 4.39 Å². The lowest BCUT2D eigenvalue weighted by molar-refractivity contribution is 0.626. The molecule has 1 atom stereocenters. The summed E-state index contributed by atoms with van der Waals surface area (Å²) in [6.45, 7) is 0. The van der Waals surface area contributed by atoms with E-state index >= 15 is 0 Å². The minimum absolute atomic E-state index is 0.297. The van der Waals surface area contributed by atoms with Crippen molar-refractivity contribution in [2.45, 2.75) is 5.38 Å². The van der Waals surface area contributed by atoms with Crippen LogP contribution in [-0.2, 0) is 0 Å². The number of nitrogens with zero attached hydrogens (tertiary/aromatic N) is 2. The van der Waals surface area contributed by atoms with Gasteiger partial charge in [-0.25, -0.2) is 9.07 Å². The maximum Gasteiger partial charge on any atom is 0.124 e. The highest BCUT2D eigenvalue weighted by Crippen LogP contribution is 2.34. The number of para-hydroxylation sites is 1. The van der Waals surface area contributed by atoms with Gasteiger partial charge >= 0.3 is 0 Å². The number of hydrogen-bond donors (Lipinski definition) is 0. The third kappa shape index (κ3) is 3.01. The fourth-order valence-electron chi connectivity index (χ4n) is 2.08. The number of halogens is 3. The number of alkyl halides is 1. The van der Waals surface area contributed by atoms with Crippen LogP contribution >= 0.6 is 27.5 Å². The van der Waals surface area contributed by atoms with Gasteiger partial charge in [0, 0.05) is 16.2 Å². The highest BCUT2D eigenvalue weighted by molar-refractivity contribution is 9.10. The van der Waals surface area contributed by atoms with E-state index in [1.54, 1.807) is 16.9 Å². The maximum atomic E-state index is 13.1. The van der Waals surface area contributed by atoms with Crippen LogP contribution in [0.3, 0.4) is 0 Å². The first kappa shape index (κ1) is 14.3. The number of rotatable bonds is 3. The van der Waals surface area contributed by atoms with Gasteiger partial charge in [0.15, 0.2) is 0 Å². The summed E-state index contributed by atoms with van der Waals surface area (Å²) in [5.41, 5.74) is 2.63. The predicted octanol–water partition coefficient (Wildman–Crippen LogP) is 5.10. The van der Waals surface area contributed by atoms with Crippen molar-refractivity contribution in [2.75, 3.05) is 0 Å². The lowest BCUT2D eigenvalue weighted by Crippen LogP contribution is -1.95. The molecule has 0 amide bonds. The fraction of sp³-hybridized carbons (Fsp3) is 0.0625. The van der Waals surface area contributed by atoms with Gasteiger partial charge in [0.25, 0.3) is 0 Å². The summed E-state index contributed by atoms with van der Waals surface area (Å²) >= 11 is 9.83. The number of benzene rings is 2. The molecule has 2 aromatic carbocycles. The van der Waals surface area contributed by atoms with Gasteiger partial charge < -0.3 is 0 Å². The van der Waals surface area contributed by atoms with E-state index < -0.39 is 5.38 Å². The third-order valence-electron chi connectivity index (χ3n) is 3.15. The van der Waals surface area contributed by atoms with Crippen molar-refractivity contribution in [3.8, 4) is 5.69 Å². The van der Waals surface area contributed by atoms with E-state index in [-0.39, 0.29) is 5.82 Å². The molecule has 0 aliphatic rings. The first-order valence-electron chi connectivity index (χ1n) is 6.34. The second-order valence-electron chi connectivity index (χ2n) is 4.58. The Hall–Kier alpha value is -1.65. The summed E-state index contributed by atoms with van der Waals surface area (Å²) in [7, 11) is 0. The molecule has 1 heterocycles. The number of hydrogen-bond acceptors (Lipinski definition) is 1. The van der Waals surface area contributed by atoms with Crippen molar-refractivity contribution in [2.24, 2.45) is 0 Å². The lowest BCUT2D eigenvalue weighted by Gasteiger charge is -2.10. The van der Waals surface area contributed by atoms with Crippen molar-refractivity contribution in [1.29, 1.82) is 0 Å². The molecule has 2 nitrogen and oxygen atoms in total. The van der Waals surface area contributed by atoms with Crippen LogP contribution < -0.4 is 0 Å². The van der Waals surface area contributed by atoms with Crippen LogP contribution in [0.1, 0.15) is 16.5 Å². The van der Waals surface area contributed by atoms with Crippen LogP contribution in [0.25, 0.3) is 5.69 Å². The van der Waals surface area contributed by atoms with Crippen molar-refractivity contribution >= 4 is 27.5 Å². The van der Waals surface area contributed by atoms with Crippen LogP contribution in [0.5, 0.6) is 0 Å². The van der Waals surface area contributed by atoms with Crippen molar-refractivity contribution in [1.82, 2.24) is 9.78 Å². The average Bonchev–Trinajstić information content (AvgIpc) is 2.97. The Bertz CT molecular complexity index is 758. The minimum atomic E-state index is -0.391. The third-order valence-corrected chi connectivity index (χ3v) is 4.33. The zero-order valence-electron chi connectivity index (χ0n) is 10.9. The standard InChI is InChI=1S/C16H11BrClFN2/c17-15-8-12(19)6-7-14(15)16(18)11-9-20-21(10-11)13-4-2-1-3-5-13/h1-10,16H. The molecule has 5 heteroatoms. The highest BCUT2D eigenvalue weighted by Gasteiger charge is 2.16. The molecule has 0 aliphatic heterocycles. The molecular formula is C16H11BrClFN2. The molecule has 1 unspecified atom stereocenters. The molecular weight excluding hydrogens is 355 g/mol. The van der Waals surface area contributed by atoms with E-state index in [2.05, 4.69) is 21.0 Å². The monoisotopic (exact) mass is 364 g/mol. The Morgan fingerprint density at radius 1 is 1.14 bits per heavy atom. The van der Waals surface area contributed by atoms with E-state index in [0.29, 0.717) is 4.47 Å². The minimum Gasteiger partial charge on any atom is -0.241 e. The quantitative estimate of drug-likeness (QED) is 0.590. The smallest absolute Gasteiger partial charge is 0.124 e. The van der Waals surface area contributed by atoms with Gasteiger partial charge in [0.1, 0.15) is 5.82 Å². The normalized spacial score (nSPS) is 12.3. The molecule has 0 N–H and O–H groups in total. The second-order valence-corrected chi connectivity index (χ2v) is 5.87. The SMILES string of the molecule is Fc1ccc(C(Cl)c2cnn(-c3ccccc3)c2)c(Br)c1. The van der Waals surface area contributed by atoms with Crippen LogP contribution in [0, 0.1) is 5.82 Å². The molecule has 3 rings (SSSR count). The van der Waals surface area contributed by atoms with Crippen LogP contribution in [0.2, 0.25) is 0 Å². The summed E-state index contributed by atoms with van der Waals surface area (Å²) in [6.07, 6.45) is 3.60. The van der Waals surface area contributed by atoms with Crippen molar-refractivity contribution < 1.29 is 4.39 Å². The largest absolute Gasteiger partial charge is 0.241 e. The van der Waals surface area contributed by atoms with Crippen molar-refractivity contribution in [3.05, 3.63) is 82.3 Å². The lowest BCUT2D eigenvalue weighted by atomic mass is 10.1. The van der Waals surface area contributed by atoms with Gasteiger partial charge in [-0.1, -0.05) is 40.2 Å². The first-order chi connectivity index (χ1) is 10.1. The Balaban J connectivity index is 1.92. The zero-order valence-corrected chi connectivity index (χ0v) is 13.2. The van der Waals surface area contributed by atoms with Gasteiger partial charge in [-0.3, -0.25) is 0 Å². The summed E-state index contributed by atoms with van der Waals surface area (Å²) < 4.78 is 15.6. The highest BCUT2D eigenvalue weighted by atomic mass is 79.9. The second kappa shape index (κ2) is 6.00. The summed E-state index contributed by atoms with van der Waals surface area (Å²) in [4.78, 5) is 0. The summed E-state index contributed by atoms with van der Waals surface area (Å²) in [6, 6.07) is 14.3. The molecule has 21 heavy (non-hydrogen) atoms. The Labute approximate surface area is 135 Å². The van der Waals surface area contributed by atoms with Gasteiger partial charge in [-0.2, -0.15) is 5.10 Å². The zero-order chi connectivity index (χ0) is 14.8. The average molecular weight is 366 g/mol. The first-order valence-corrected chi connectivity index (χ1v) is 7.57. The van der Waals surface area contributed by atoms with Crippen LogP contribution in [-0.4, -0.2) is 9.78 Å². The van der Waals surface area contributed by atoms with E-state index in [1.165, 1.54) is 12.1 Å². The van der Waals surface area contributed by atoms with Gasteiger partial charge in [0.05, 0.1) is 17.3 Å². The molecule has 0 bridgehead atoms.